The first kappa shape index (κ1) is 21.0. The summed E-state index contributed by atoms with van der Waals surface area (Å²) in [5.41, 5.74) is 0.940. The fourth-order valence-electron chi connectivity index (χ4n) is 3.22. The molecule has 1 N–H and O–H groups in total. The van der Waals surface area contributed by atoms with E-state index >= 15 is 0 Å². The van der Waals surface area contributed by atoms with Crippen LogP contribution in [0.4, 0.5) is 5.82 Å². The minimum atomic E-state index is -0.520. The molecule has 156 valence electrons. The summed E-state index contributed by atoms with van der Waals surface area (Å²) in [6.45, 7) is 4.71. The second-order valence-corrected chi connectivity index (χ2v) is 7.51. The third-order valence-electron chi connectivity index (χ3n) is 4.70. The zero-order valence-electron chi connectivity index (χ0n) is 16.6. The third-order valence-corrected chi connectivity index (χ3v) is 5.39. The number of nitrogens with zero attached hydrogens (tertiary/aromatic N) is 4. The Morgan fingerprint density at radius 2 is 2.07 bits per heavy atom. The van der Waals surface area contributed by atoms with E-state index in [0.717, 1.165) is 13.0 Å². The number of esters is 1. The molecule has 0 saturated carbocycles. The van der Waals surface area contributed by atoms with Gasteiger partial charge in [-0.25, -0.2) is 4.79 Å². The normalized spacial score (nSPS) is 15.0. The summed E-state index contributed by atoms with van der Waals surface area (Å²) in [4.78, 5) is 40.9. The Bertz CT molecular complexity index is 864. The van der Waals surface area contributed by atoms with Gasteiger partial charge >= 0.3 is 5.97 Å². The highest BCUT2D eigenvalue weighted by molar-refractivity contribution is 7.08. The van der Waals surface area contributed by atoms with Crippen LogP contribution in [0.5, 0.6) is 0 Å². The highest BCUT2D eigenvalue weighted by Gasteiger charge is 2.23. The maximum absolute atomic E-state index is 12.6. The van der Waals surface area contributed by atoms with Crippen LogP contribution in [0.2, 0.25) is 0 Å². The number of ether oxygens (including phenoxy) is 1. The number of carbonyl (C=O) groups excluding carboxylic acids is 3. The lowest BCUT2D eigenvalue weighted by molar-refractivity contribution is -0.117. The molecule has 0 atom stereocenters. The largest absolute Gasteiger partial charge is 0.462 e. The molecule has 1 aliphatic rings. The van der Waals surface area contributed by atoms with Crippen LogP contribution in [0.3, 0.4) is 0 Å². The molecule has 0 aliphatic carbocycles. The molecule has 1 saturated heterocycles. The summed E-state index contributed by atoms with van der Waals surface area (Å²) in [5.74, 6) is -0.408. The zero-order valence-corrected chi connectivity index (χ0v) is 17.4. The first-order valence-corrected chi connectivity index (χ1v) is 10.5. The molecule has 1 aliphatic heterocycles. The number of aromatic nitrogens is 2. The number of hydrogen-bond acceptors (Lipinski definition) is 7. The van der Waals surface area contributed by atoms with Crippen molar-refractivity contribution in [1.29, 1.82) is 0 Å². The minimum absolute atomic E-state index is 0.0338. The highest BCUT2D eigenvalue weighted by Crippen LogP contribution is 2.16. The molecule has 3 heterocycles. The molecular weight excluding hydrogens is 394 g/mol. The van der Waals surface area contributed by atoms with Gasteiger partial charge in [-0.05, 0) is 24.8 Å². The van der Waals surface area contributed by atoms with Gasteiger partial charge in [0.2, 0.25) is 5.91 Å². The van der Waals surface area contributed by atoms with Crippen molar-refractivity contribution in [3.8, 4) is 0 Å². The monoisotopic (exact) mass is 419 g/mol. The Morgan fingerprint density at radius 3 is 2.79 bits per heavy atom. The van der Waals surface area contributed by atoms with E-state index < -0.39 is 5.97 Å². The predicted octanol–water partition coefficient (Wildman–Crippen LogP) is 1.44. The minimum Gasteiger partial charge on any atom is -0.462 e. The quantitative estimate of drug-likeness (QED) is 0.712. The summed E-state index contributed by atoms with van der Waals surface area (Å²) in [6, 6.07) is 1.83. The molecule has 3 rings (SSSR count). The first-order valence-electron chi connectivity index (χ1n) is 9.52. The van der Waals surface area contributed by atoms with Crippen molar-refractivity contribution in [1.82, 2.24) is 19.6 Å². The van der Waals surface area contributed by atoms with Gasteiger partial charge in [0.15, 0.2) is 0 Å². The van der Waals surface area contributed by atoms with Crippen molar-refractivity contribution < 1.29 is 19.1 Å². The van der Waals surface area contributed by atoms with Crippen LogP contribution >= 0.6 is 11.3 Å². The molecule has 0 unspecified atom stereocenters. The molecule has 0 bridgehead atoms. The number of carbonyl (C=O) groups is 3. The Hall–Kier alpha value is -2.72. The van der Waals surface area contributed by atoms with Gasteiger partial charge < -0.3 is 15.0 Å². The fraction of sp³-hybridized carbons (Fsp3) is 0.474. The lowest BCUT2D eigenvalue weighted by atomic mass is 10.3. The number of hydrogen-bond donors (Lipinski definition) is 1. The van der Waals surface area contributed by atoms with E-state index in [1.807, 2.05) is 26.6 Å². The smallest absolute Gasteiger partial charge is 0.343 e. The van der Waals surface area contributed by atoms with Crippen molar-refractivity contribution in [2.24, 2.45) is 7.05 Å². The van der Waals surface area contributed by atoms with Crippen molar-refractivity contribution in [3.05, 3.63) is 34.2 Å². The zero-order chi connectivity index (χ0) is 20.8. The lowest BCUT2D eigenvalue weighted by Crippen LogP contribution is -2.38. The SMILES string of the molecule is CCOC(=O)c1cnn(C)c1NC(=O)CN1CCCN(C(=O)c2ccsc2)CC1. The number of thiophene rings is 1. The fourth-order valence-corrected chi connectivity index (χ4v) is 3.85. The van der Waals surface area contributed by atoms with E-state index in [9.17, 15) is 14.4 Å². The van der Waals surface area contributed by atoms with Crippen LogP contribution in [-0.2, 0) is 16.6 Å². The van der Waals surface area contributed by atoms with Gasteiger partial charge in [-0.15, -0.1) is 0 Å². The number of rotatable bonds is 6. The molecule has 10 heteroatoms. The van der Waals surface area contributed by atoms with Gasteiger partial charge in [-0.3, -0.25) is 19.2 Å². The second kappa shape index (κ2) is 9.66. The standard InChI is InChI=1S/C19H25N5O4S/c1-3-28-19(27)15-11-20-22(2)17(15)21-16(25)12-23-6-4-7-24(9-8-23)18(26)14-5-10-29-13-14/h5,10-11,13H,3-4,6-9,12H2,1-2H3,(H,21,25). The van der Waals surface area contributed by atoms with Crippen LogP contribution < -0.4 is 5.32 Å². The van der Waals surface area contributed by atoms with Gasteiger partial charge in [-0.2, -0.15) is 16.4 Å². The average Bonchev–Trinajstić information content (AvgIpc) is 3.28. The maximum atomic E-state index is 12.6. The molecule has 0 spiro atoms. The molecule has 2 amide bonds. The Balaban J connectivity index is 1.56. The third kappa shape index (κ3) is 5.21. The summed E-state index contributed by atoms with van der Waals surface area (Å²) in [5, 5.41) is 10.5. The number of aryl methyl sites for hydroxylation is 1. The van der Waals surface area contributed by atoms with Crippen molar-refractivity contribution in [2.75, 3.05) is 44.6 Å². The second-order valence-electron chi connectivity index (χ2n) is 6.73. The molecule has 0 aromatic carbocycles. The molecule has 2 aromatic heterocycles. The molecule has 2 aromatic rings. The van der Waals surface area contributed by atoms with Crippen LogP contribution in [0.15, 0.2) is 23.0 Å². The van der Waals surface area contributed by atoms with E-state index in [-0.39, 0.29) is 30.5 Å². The van der Waals surface area contributed by atoms with Crippen molar-refractivity contribution >= 4 is 34.9 Å². The van der Waals surface area contributed by atoms with E-state index in [1.165, 1.54) is 22.2 Å². The van der Waals surface area contributed by atoms with E-state index in [4.69, 9.17) is 4.74 Å². The summed E-state index contributed by atoms with van der Waals surface area (Å²) < 4.78 is 6.44. The van der Waals surface area contributed by atoms with Crippen molar-refractivity contribution in [3.63, 3.8) is 0 Å². The number of nitrogens with one attached hydrogen (secondary N) is 1. The summed E-state index contributed by atoms with van der Waals surface area (Å²) >= 11 is 1.50. The number of amides is 2. The van der Waals surface area contributed by atoms with Gasteiger partial charge in [0.25, 0.3) is 5.91 Å². The van der Waals surface area contributed by atoms with Crippen LogP contribution in [-0.4, -0.2) is 76.7 Å². The van der Waals surface area contributed by atoms with E-state index in [1.54, 1.807) is 14.0 Å². The van der Waals surface area contributed by atoms with E-state index in [0.29, 0.717) is 31.0 Å². The van der Waals surface area contributed by atoms with Gasteiger partial charge in [-0.1, -0.05) is 0 Å². The van der Waals surface area contributed by atoms with Crippen molar-refractivity contribution in [2.45, 2.75) is 13.3 Å². The lowest BCUT2D eigenvalue weighted by Gasteiger charge is -2.21. The van der Waals surface area contributed by atoms with Crippen LogP contribution in [0.25, 0.3) is 0 Å². The molecule has 0 radical (unpaired) electrons. The van der Waals surface area contributed by atoms with Crippen LogP contribution in [0, 0.1) is 0 Å². The number of anilines is 1. The van der Waals surface area contributed by atoms with Crippen LogP contribution in [0.1, 0.15) is 34.1 Å². The molecule has 9 nitrogen and oxygen atoms in total. The highest BCUT2D eigenvalue weighted by atomic mass is 32.1. The van der Waals surface area contributed by atoms with E-state index in [2.05, 4.69) is 10.4 Å². The predicted molar refractivity (Wildman–Crippen MR) is 109 cm³/mol. The topological polar surface area (TPSA) is 96.8 Å². The Kier molecular flexibility index (Phi) is 6.99. The summed E-state index contributed by atoms with van der Waals surface area (Å²) in [6.07, 6.45) is 2.18. The Morgan fingerprint density at radius 1 is 1.24 bits per heavy atom. The Labute approximate surface area is 173 Å². The average molecular weight is 420 g/mol. The maximum Gasteiger partial charge on any atom is 0.343 e. The molecular formula is C19H25N5O4S. The summed E-state index contributed by atoms with van der Waals surface area (Å²) in [7, 11) is 1.65. The van der Waals surface area contributed by atoms with Gasteiger partial charge in [0.05, 0.1) is 24.9 Å². The molecule has 1 fully saturated rings. The van der Waals surface area contributed by atoms with Gasteiger partial charge in [0.1, 0.15) is 11.4 Å². The first-order chi connectivity index (χ1) is 14.0. The molecule has 29 heavy (non-hydrogen) atoms. The van der Waals surface area contributed by atoms with Gasteiger partial charge in [0, 0.05) is 38.6 Å².